The van der Waals surface area contributed by atoms with E-state index in [2.05, 4.69) is 16.0 Å². The standard InChI is InChI=1S/C14H17F3O4SSi/c1-5-6-10-20-11-8-7-9-12(13(11)23(2,3)4)21-22(18,19)14(15,16)17/h7-9H,10H2,1-4H3. The van der Waals surface area contributed by atoms with Gasteiger partial charge in [-0.2, -0.15) is 21.6 Å². The number of hydrogen-bond donors (Lipinski definition) is 0. The number of alkyl halides is 3. The van der Waals surface area contributed by atoms with Crippen LogP contribution in [-0.2, 0) is 10.1 Å². The van der Waals surface area contributed by atoms with E-state index in [0.717, 1.165) is 0 Å². The van der Waals surface area contributed by atoms with E-state index in [1.807, 2.05) is 19.6 Å². The Hall–Kier alpha value is -1.66. The molecule has 0 aliphatic carbocycles. The fraction of sp³-hybridized carbons (Fsp3) is 0.429. The quantitative estimate of drug-likeness (QED) is 0.348. The lowest BCUT2D eigenvalue weighted by Crippen LogP contribution is -2.41. The third kappa shape index (κ3) is 4.91. The van der Waals surface area contributed by atoms with E-state index < -0.39 is 23.7 Å². The van der Waals surface area contributed by atoms with Crippen LogP contribution in [0.5, 0.6) is 11.5 Å². The lowest BCUT2D eigenvalue weighted by molar-refractivity contribution is -0.0499. The Morgan fingerprint density at radius 3 is 2.22 bits per heavy atom. The van der Waals surface area contributed by atoms with Crippen LogP contribution in [0.2, 0.25) is 19.6 Å². The number of rotatable bonds is 5. The summed E-state index contributed by atoms with van der Waals surface area (Å²) in [6.07, 6.45) is 0. The Balaban J connectivity index is 3.37. The van der Waals surface area contributed by atoms with E-state index in [-0.39, 0.29) is 18.1 Å². The predicted molar refractivity (Wildman–Crippen MR) is 84.0 cm³/mol. The summed E-state index contributed by atoms with van der Waals surface area (Å²) in [4.78, 5) is 0. The first kappa shape index (κ1) is 19.4. The Morgan fingerprint density at radius 1 is 1.17 bits per heavy atom. The van der Waals surface area contributed by atoms with E-state index >= 15 is 0 Å². The summed E-state index contributed by atoms with van der Waals surface area (Å²) in [5.41, 5.74) is -5.49. The van der Waals surface area contributed by atoms with Crippen molar-refractivity contribution in [2.75, 3.05) is 6.61 Å². The van der Waals surface area contributed by atoms with Gasteiger partial charge in [-0.25, -0.2) is 0 Å². The topological polar surface area (TPSA) is 52.6 Å². The van der Waals surface area contributed by atoms with Gasteiger partial charge in [-0.3, -0.25) is 0 Å². The lowest BCUT2D eigenvalue weighted by atomic mass is 10.3. The van der Waals surface area contributed by atoms with Gasteiger partial charge in [0.1, 0.15) is 18.1 Å². The average Bonchev–Trinajstić information content (AvgIpc) is 2.35. The maximum absolute atomic E-state index is 12.5. The first-order chi connectivity index (χ1) is 10.4. The van der Waals surface area contributed by atoms with Gasteiger partial charge in [0.05, 0.1) is 8.07 Å². The van der Waals surface area contributed by atoms with E-state index in [1.54, 1.807) is 13.0 Å². The van der Waals surface area contributed by atoms with Gasteiger partial charge in [0, 0.05) is 5.19 Å². The summed E-state index contributed by atoms with van der Waals surface area (Å²) in [5, 5.41) is 0.353. The first-order valence-corrected chi connectivity index (χ1v) is 11.5. The maximum Gasteiger partial charge on any atom is 0.534 e. The van der Waals surface area contributed by atoms with Crippen LogP contribution in [0.3, 0.4) is 0 Å². The van der Waals surface area contributed by atoms with Crippen LogP contribution in [0.1, 0.15) is 6.92 Å². The summed E-state index contributed by atoms with van der Waals surface area (Å²) < 4.78 is 70.0. The molecule has 9 heteroatoms. The van der Waals surface area contributed by atoms with Crippen molar-refractivity contribution in [1.29, 1.82) is 0 Å². The van der Waals surface area contributed by atoms with Crippen LogP contribution in [0.4, 0.5) is 13.2 Å². The highest BCUT2D eigenvalue weighted by molar-refractivity contribution is 7.88. The van der Waals surface area contributed by atoms with Gasteiger partial charge >= 0.3 is 15.6 Å². The molecule has 0 radical (unpaired) electrons. The molecule has 0 atom stereocenters. The van der Waals surface area contributed by atoms with Gasteiger partial charge < -0.3 is 8.92 Å². The van der Waals surface area contributed by atoms with Crippen molar-refractivity contribution in [1.82, 2.24) is 0 Å². The molecule has 0 aromatic heterocycles. The molecule has 0 aliphatic heterocycles. The highest BCUT2D eigenvalue weighted by Crippen LogP contribution is 2.29. The summed E-state index contributed by atoms with van der Waals surface area (Å²) in [7, 11) is -8.01. The van der Waals surface area contributed by atoms with Gasteiger partial charge in [0.2, 0.25) is 0 Å². The highest BCUT2D eigenvalue weighted by Gasteiger charge is 2.49. The molecule has 0 spiro atoms. The molecule has 1 aromatic carbocycles. The molecule has 0 bridgehead atoms. The summed E-state index contributed by atoms with van der Waals surface area (Å²) in [5.74, 6) is 5.22. The third-order valence-electron chi connectivity index (χ3n) is 2.70. The van der Waals surface area contributed by atoms with Crippen LogP contribution in [0.15, 0.2) is 18.2 Å². The third-order valence-corrected chi connectivity index (χ3v) is 5.66. The van der Waals surface area contributed by atoms with Gasteiger partial charge in [-0.05, 0) is 19.1 Å². The minimum atomic E-state index is -5.74. The van der Waals surface area contributed by atoms with Crippen molar-refractivity contribution >= 4 is 23.4 Å². The minimum Gasteiger partial charge on any atom is -0.481 e. The SMILES string of the molecule is CC#CCOc1cccc(OS(=O)(=O)C(F)(F)F)c1[Si](C)(C)C. The number of benzene rings is 1. The van der Waals surface area contributed by atoms with Crippen molar-refractivity contribution in [3.05, 3.63) is 18.2 Å². The smallest absolute Gasteiger partial charge is 0.481 e. The van der Waals surface area contributed by atoms with Crippen LogP contribution in [0.25, 0.3) is 0 Å². The molecule has 0 saturated carbocycles. The molecule has 0 amide bonds. The molecular weight excluding hydrogens is 349 g/mol. The Bertz CT molecular complexity index is 725. The maximum atomic E-state index is 12.5. The molecule has 0 heterocycles. The van der Waals surface area contributed by atoms with Crippen molar-refractivity contribution in [2.45, 2.75) is 32.1 Å². The molecule has 128 valence electrons. The molecule has 4 nitrogen and oxygen atoms in total. The van der Waals surface area contributed by atoms with Crippen LogP contribution in [0, 0.1) is 11.8 Å². The first-order valence-electron chi connectivity index (χ1n) is 6.57. The molecule has 0 fully saturated rings. The fourth-order valence-electron chi connectivity index (χ4n) is 1.79. The normalized spacial score (nSPS) is 12.3. The second kappa shape index (κ2) is 6.84. The highest BCUT2D eigenvalue weighted by atomic mass is 32.2. The van der Waals surface area contributed by atoms with Crippen LogP contribution >= 0.6 is 0 Å². The van der Waals surface area contributed by atoms with Crippen molar-refractivity contribution in [3.63, 3.8) is 0 Å². The van der Waals surface area contributed by atoms with Crippen LogP contribution in [-0.4, -0.2) is 28.6 Å². The molecular formula is C14H17F3O4SSi. The minimum absolute atomic E-state index is 0.0451. The second-order valence-electron chi connectivity index (χ2n) is 5.58. The van der Waals surface area contributed by atoms with Gasteiger partial charge in [0.15, 0.2) is 0 Å². The molecule has 0 unspecified atom stereocenters. The number of halogens is 3. The van der Waals surface area contributed by atoms with Crippen molar-refractivity contribution < 1.29 is 30.5 Å². The van der Waals surface area contributed by atoms with E-state index in [9.17, 15) is 21.6 Å². The molecule has 0 N–H and O–H groups in total. The molecule has 1 aromatic rings. The average molecular weight is 366 g/mol. The predicted octanol–water partition coefficient (Wildman–Crippen LogP) is 2.86. The Labute approximate surface area is 134 Å². The number of ether oxygens (including phenoxy) is 1. The zero-order valence-electron chi connectivity index (χ0n) is 13.1. The molecule has 1 rings (SSSR count). The van der Waals surface area contributed by atoms with E-state index in [0.29, 0.717) is 5.19 Å². The van der Waals surface area contributed by atoms with Crippen molar-refractivity contribution in [2.24, 2.45) is 0 Å². The largest absolute Gasteiger partial charge is 0.534 e. The monoisotopic (exact) mass is 366 g/mol. The summed E-state index contributed by atoms with van der Waals surface area (Å²) >= 11 is 0. The van der Waals surface area contributed by atoms with Gasteiger partial charge in [-0.1, -0.05) is 31.6 Å². The van der Waals surface area contributed by atoms with Gasteiger partial charge in [-0.15, -0.1) is 5.92 Å². The van der Waals surface area contributed by atoms with Crippen molar-refractivity contribution in [3.8, 4) is 23.3 Å². The molecule has 0 saturated heterocycles. The fourth-order valence-corrected chi connectivity index (χ4v) is 4.10. The Morgan fingerprint density at radius 2 is 1.74 bits per heavy atom. The second-order valence-corrected chi connectivity index (χ2v) is 12.1. The number of hydrogen-bond acceptors (Lipinski definition) is 4. The summed E-state index contributed by atoms with van der Waals surface area (Å²) in [6, 6.07) is 4.12. The molecule has 23 heavy (non-hydrogen) atoms. The zero-order valence-corrected chi connectivity index (χ0v) is 14.9. The van der Waals surface area contributed by atoms with Crippen LogP contribution < -0.4 is 14.1 Å². The Kier molecular flexibility index (Phi) is 5.77. The summed E-state index contributed by atoms with van der Waals surface area (Å²) in [6.45, 7) is 7.19. The van der Waals surface area contributed by atoms with E-state index in [4.69, 9.17) is 4.74 Å². The van der Waals surface area contributed by atoms with E-state index in [1.165, 1.54) is 12.1 Å². The zero-order chi connectivity index (χ0) is 17.9. The lowest BCUT2D eigenvalue weighted by Gasteiger charge is -2.23. The van der Waals surface area contributed by atoms with Gasteiger partial charge in [0.25, 0.3) is 0 Å². The molecule has 0 aliphatic rings.